The van der Waals surface area contributed by atoms with Gasteiger partial charge >= 0.3 is 0 Å². The fraction of sp³-hybridized carbons (Fsp3) is 0.462. The summed E-state index contributed by atoms with van der Waals surface area (Å²) in [4.78, 5) is 11.3. The number of benzene rings is 1. The van der Waals surface area contributed by atoms with E-state index in [1.807, 2.05) is 20.8 Å². The van der Waals surface area contributed by atoms with Crippen molar-refractivity contribution in [3.63, 3.8) is 0 Å². The number of sulfonamides is 1. The third-order valence-corrected chi connectivity index (χ3v) is 4.45. The molecule has 0 fully saturated rings. The van der Waals surface area contributed by atoms with E-state index in [0.717, 1.165) is 0 Å². The van der Waals surface area contributed by atoms with Crippen molar-refractivity contribution in [2.75, 3.05) is 28.1 Å². The minimum absolute atomic E-state index is 0.0423. The van der Waals surface area contributed by atoms with E-state index in [4.69, 9.17) is 10.5 Å². The lowest BCUT2D eigenvalue weighted by Gasteiger charge is -2.22. The Morgan fingerprint density at radius 1 is 1.38 bits per heavy atom. The van der Waals surface area contributed by atoms with E-state index >= 15 is 0 Å². The number of fused-ring (bicyclic) bond motifs is 1. The number of rotatable bonds is 3. The molecule has 0 radical (unpaired) electrons. The van der Waals surface area contributed by atoms with Gasteiger partial charge in [-0.05, 0) is 11.5 Å². The zero-order valence-electron chi connectivity index (χ0n) is 12.2. The van der Waals surface area contributed by atoms with Gasteiger partial charge in [0.1, 0.15) is 5.75 Å². The first-order chi connectivity index (χ1) is 9.56. The molecule has 0 unspecified atom stereocenters. The molecule has 0 bridgehead atoms. The van der Waals surface area contributed by atoms with Gasteiger partial charge in [0.05, 0.1) is 22.8 Å². The molecule has 0 spiro atoms. The first-order valence-corrected chi connectivity index (χ1v) is 8.08. The number of nitrogens with two attached hydrogens (primary N) is 1. The van der Waals surface area contributed by atoms with Gasteiger partial charge in [-0.15, -0.1) is 0 Å². The van der Waals surface area contributed by atoms with Crippen LogP contribution in [-0.2, 0) is 14.8 Å². The smallest absolute Gasteiger partial charge is 0.262 e. The van der Waals surface area contributed by atoms with E-state index in [1.165, 1.54) is 12.1 Å². The molecular weight excluding hydrogens is 294 g/mol. The number of carbonyl (C=O) groups is 1. The highest BCUT2D eigenvalue weighted by Crippen LogP contribution is 2.35. The van der Waals surface area contributed by atoms with Gasteiger partial charge in [-0.3, -0.25) is 9.52 Å². The Kier molecular flexibility index (Phi) is 3.75. The summed E-state index contributed by atoms with van der Waals surface area (Å²) in [6, 6.07) is 2.95. The predicted molar refractivity (Wildman–Crippen MR) is 81.8 cm³/mol. The standard InChI is InChI=1S/C13H19N3O4S/c1-13(2,3)7-21(18,19)16-9-5-10-11(4-8(9)14)20-6-12(17)15-10/h4-5,16H,6-7,14H2,1-3H3,(H,15,17). The average molecular weight is 313 g/mol. The highest BCUT2D eigenvalue weighted by Gasteiger charge is 2.24. The van der Waals surface area contributed by atoms with Crippen LogP contribution in [0.1, 0.15) is 20.8 Å². The zero-order valence-corrected chi connectivity index (χ0v) is 13.0. The molecule has 116 valence electrons. The number of hydrogen-bond donors (Lipinski definition) is 3. The summed E-state index contributed by atoms with van der Waals surface area (Å²) >= 11 is 0. The second kappa shape index (κ2) is 5.10. The molecule has 0 aliphatic carbocycles. The SMILES string of the molecule is CC(C)(C)CS(=O)(=O)Nc1cc2c(cc1N)OCC(=O)N2. The van der Waals surface area contributed by atoms with Crippen molar-refractivity contribution in [2.45, 2.75) is 20.8 Å². The molecule has 8 heteroatoms. The van der Waals surface area contributed by atoms with Gasteiger partial charge in [-0.2, -0.15) is 0 Å². The van der Waals surface area contributed by atoms with Crippen LogP contribution in [0.2, 0.25) is 0 Å². The number of hydrogen-bond acceptors (Lipinski definition) is 5. The van der Waals surface area contributed by atoms with Crippen LogP contribution < -0.4 is 20.5 Å². The largest absolute Gasteiger partial charge is 0.482 e. The van der Waals surface area contributed by atoms with Crippen molar-refractivity contribution in [2.24, 2.45) is 5.41 Å². The molecule has 4 N–H and O–H groups in total. The fourth-order valence-electron chi connectivity index (χ4n) is 2.00. The van der Waals surface area contributed by atoms with Gasteiger partial charge in [0.15, 0.2) is 6.61 Å². The Morgan fingerprint density at radius 2 is 2.05 bits per heavy atom. The van der Waals surface area contributed by atoms with Gasteiger partial charge < -0.3 is 15.8 Å². The lowest BCUT2D eigenvalue weighted by Crippen LogP contribution is -2.27. The van der Waals surface area contributed by atoms with Gasteiger partial charge in [-0.25, -0.2) is 8.42 Å². The molecule has 0 saturated heterocycles. The molecule has 2 rings (SSSR count). The van der Waals surface area contributed by atoms with E-state index in [-0.39, 0.29) is 35.1 Å². The van der Waals surface area contributed by atoms with Gasteiger partial charge in [0.2, 0.25) is 10.0 Å². The summed E-state index contributed by atoms with van der Waals surface area (Å²) < 4.78 is 31.9. The van der Waals surface area contributed by atoms with Gasteiger partial charge in [0, 0.05) is 6.07 Å². The Morgan fingerprint density at radius 3 is 2.67 bits per heavy atom. The maximum atomic E-state index is 12.1. The van der Waals surface area contributed by atoms with Crippen LogP contribution in [0.5, 0.6) is 5.75 Å². The van der Waals surface area contributed by atoms with E-state index in [9.17, 15) is 13.2 Å². The lowest BCUT2D eigenvalue weighted by molar-refractivity contribution is -0.118. The second-order valence-corrected chi connectivity index (χ2v) is 7.92. The van der Waals surface area contributed by atoms with Crippen LogP contribution in [0.4, 0.5) is 17.1 Å². The van der Waals surface area contributed by atoms with Crippen molar-refractivity contribution < 1.29 is 17.9 Å². The molecule has 0 saturated carbocycles. The second-order valence-electron chi connectivity index (χ2n) is 6.19. The molecule has 21 heavy (non-hydrogen) atoms. The Labute approximate surface area is 123 Å². The number of amides is 1. The van der Waals surface area contributed by atoms with Crippen LogP contribution in [0, 0.1) is 5.41 Å². The van der Waals surface area contributed by atoms with Crippen molar-refractivity contribution in [1.82, 2.24) is 0 Å². The van der Waals surface area contributed by atoms with Crippen molar-refractivity contribution in [1.29, 1.82) is 0 Å². The zero-order chi connectivity index (χ0) is 15.8. The van der Waals surface area contributed by atoms with Crippen LogP contribution >= 0.6 is 0 Å². The van der Waals surface area contributed by atoms with E-state index in [0.29, 0.717) is 11.4 Å². The van der Waals surface area contributed by atoms with Crippen molar-refractivity contribution in [3.05, 3.63) is 12.1 Å². The van der Waals surface area contributed by atoms with E-state index in [1.54, 1.807) is 0 Å². The topological polar surface area (TPSA) is 111 Å². The molecule has 1 amide bonds. The summed E-state index contributed by atoms with van der Waals surface area (Å²) in [5.41, 5.74) is 6.31. The first kappa shape index (κ1) is 15.4. The molecule has 0 aromatic heterocycles. The highest BCUT2D eigenvalue weighted by atomic mass is 32.2. The number of ether oxygens (including phenoxy) is 1. The molecule has 1 aromatic carbocycles. The lowest BCUT2D eigenvalue weighted by atomic mass is 10.0. The minimum atomic E-state index is -3.54. The Balaban J connectivity index is 2.29. The summed E-state index contributed by atoms with van der Waals surface area (Å²) in [7, 11) is -3.54. The van der Waals surface area contributed by atoms with Gasteiger partial charge in [0.25, 0.3) is 5.91 Å². The maximum Gasteiger partial charge on any atom is 0.262 e. The van der Waals surface area contributed by atoms with Gasteiger partial charge in [-0.1, -0.05) is 20.8 Å². The summed E-state index contributed by atoms with van der Waals surface area (Å²) in [5.74, 6) is 0.0842. The number of carbonyl (C=O) groups excluding carboxylic acids is 1. The molecular formula is C13H19N3O4S. The molecule has 7 nitrogen and oxygen atoms in total. The van der Waals surface area contributed by atoms with Crippen LogP contribution in [-0.4, -0.2) is 26.7 Å². The normalized spacial score (nSPS) is 14.9. The fourth-order valence-corrected chi connectivity index (χ4v) is 3.73. The van der Waals surface area contributed by atoms with Crippen molar-refractivity contribution in [3.8, 4) is 5.75 Å². The summed E-state index contributed by atoms with van der Waals surface area (Å²) in [5, 5.41) is 2.61. The maximum absolute atomic E-state index is 12.1. The van der Waals surface area contributed by atoms with E-state index < -0.39 is 10.0 Å². The van der Waals surface area contributed by atoms with Crippen LogP contribution in [0.3, 0.4) is 0 Å². The number of anilines is 3. The third kappa shape index (κ3) is 4.01. The predicted octanol–water partition coefficient (Wildman–Crippen LogP) is 1.39. The third-order valence-electron chi connectivity index (χ3n) is 2.67. The molecule has 1 aliphatic rings. The molecule has 1 aliphatic heterocycles. The summed E-state index contributed by atoms with van der Waals surface area (Å²) in [6.45, 7) is 5.41. The summed E-state index contributed by atoms with van der Waals surface area (Å²) in [6.07, 6.45) is 0. The quantitative estimate of drug-likeness (QED) is 0.730. The Bertz CT molecular complexity index is 677. The average Bonchev–Trinajstić information content (AvgIpc) is 2.27. The van der Waals surface area contributed by atoms with E-state index in [2.05, 4.69) is 10.0 Å². The molecule has 1 heterocycles. The number of nitrogen functional groups attached to an aromatic ring is 1. The number of nitrogens with one attached hydrogen (secondary N) is 2. The minimum Gasteiger partial charge on any atom is -0.482 e. The molecule has 0 atom stereocenters. The Hall–Kier alpha value is -1.96. The first-order valence-electron chi connectivity index (χ1n) is 6.42. The molecule has 1 aromatic rings. The van der Waals surface area contributed by atoms with Crippen LogP contribution in [0.25, 0.3) is 0 Å². The highest BCUT2D eigenvalue weighted by molar-refractivity contribution is 7.92. The van der Waals surface area contributed by atoms with Crippen LogP contribution in [0.15, 0.2) is 12.1 Å². The van der Waals surface area contributed by atoms with Crippen molar-refractivity contribution >= 4 is 33.0 Å². The monoisotopic (exact) mass is 313 g/mol.